The fourth-order valence-corrected chi connectivity index (χ4v) is 2.53. The number of hydrogen-bond donors (Lipinski definition) is 0. The van der Waals surface area contributed by atoms with Crippen LogP contribution in [0.15, 0.2) is 48.9 Å². The summed E-state index contributed by atoms with van der Waals surface area (Å²) in [5, 5.41) is 0. The minimum absolute atomic E-state index is 0.0325. The van der Waals surface area contributed by atoms with Crippen LogP contribution in [0.5, 0.6) is 0 Å². The van der Waals surface area contributed by atoms with Crippen LogP contribution in [0.4, 0.5) is 17.1 Å². The average molecular weight is 279 g/mol. The number of aryl methyl sites for hydroxylation is 1. The van der Waals surface area contributed by atoms with Crippen LogP contribution >= 0.6 is 0 Å². The molecule has 0 saturated heterocycles. The fraction of sp³-hybridized carbons (Fsp3) is 0.176. The van der Waals surface area contributed by atoms with Gasteiger partial charge in [0.05, 0.1) is 23.3 Å². The molecule has 1 aliphatic heterocycles. The van der Waals surface area contributed by atoms with Gasteiger partial charge in [-0.15, -0.1) is 0 Å². The summed E-state index contributed by atoms with van der Waals surface area (Å²) in [4.78, 5) is 19.7. The second kappa shape index (κ2) is 4.74. The maximum Gasteiger partial charge on any atom is 0.178 e. The third-order valence-electron chi connectivity index (χ3n) is 3.75. The number of Topliss-reactive ketones (excluding diaryl/α,β-unsaturated/α-hetero) is 1. The van der Waals surface area contributed by atoms with E-state index >= 15 is 0 Å². The molecular formula is C17H17N3O. The van der Waals surface area contributed by atoms with Gasteiger partial charge in [-0.2, -0.15) is 0 Å². The molecule has 0 aliphatic carbocycles. The Kier molecular flexibility index (Phi) is 3.01. The van der Waals surface area contributed by atoms with Gasteiger partial charge in [0.25, 0.3) is 0 Å². The normalized spacial score (nSPS) is 13.6. The molecule has 0 bridgehead atoms. The van der Waals surface area contributed by atoms with E-state index < -0.39 is 0 Å². The van der Waals surface area contributed by atoms with E-state index in [0.29, 0.717) is 5.69 Å². The monoisotopic (exact) mass is 279 g/mol. The summed E-state index contributed by atoms with van der Waals surface area (Å²) in [6, 6.07) is 9.95. The molecule has 0 N–H and O–H groups in total. The number of fused-ring (bicyclic) bond motifs is 1. The highest BCUT2D eigenvalue weighted by atomic mass is 16.1. The summed E-state index contributed by atoms with van der Waals surface area (Å²) in [7, 11) is 2.00. The molecule has 4 nitrogen and oxygen atoms in total. The number of carbonyl (C=O) groups is 1. The van der Waals surface area contributed by atoms with Gasteiger partial charge in [0.2, 0.25) is 0 Å². The van der Waals surface area contributed by atoms with Crippen molar-refractivity contribution in [3.63, 3.8) is 0 Å². The first kappa shape index (κ1) is 13.4. The molecule has 1 aromatic carbocycles. The summed E-state index contributed by atoms with van der Waals surface area (Å²) in [5.74, 6) is 0.836. The van der Waals surface area contributed by atoms with Crippen LogP contribution in [0.1, 0.15) is 23.0 Å². The fourth-order valence-electron chi connectivity index (χ4n) is 2.53. The smallest absolute Gasteiger partial charge is 0.178 e. The molecule has 0 spiro atoms. The van der Waals surface area contributed by atoms with Crippen LogP contribution in [0, 0.1) is 6.92 Å². The van der Waals surface area contributed by atoms with Gasteiger partial charge in [-0.3, -0.25) is 14.7 Å². The second-order valence-corrected chi connectivity index (χ2v) is 5.26. The molecule has 2 aromatic rings. The van der Waals surface area contributed by atoms with Crippen molar-refractivity contribution in [1.82, 2.24) is 4.98 Å². The van der Waals surface area contributed by atoms with Crippen LogP contribution in [0.25, 0.3) is 0 Å². The number of rotatable bonds is 2. The maximum atomic E-state index is 11.3. The first-order chi connectivity index (χ1) is 9.99. The van der Waals surface area contributed by atoms with E-state index in [4.69, 9.17) is 0 Å². The molecular weight excluding hydrogens is 262 g/mol. The van der Waals surface area contributed by atoms with Crippen molar-refractivity contribution in [2.45, 2.75) is 13.8 Å². The van der Waals surface area contributed by atoms with E-state index in [1.54, 1.807) is 12.3 Å². The number of anilines is 3. The van der Waals surface area contributed by atoms with E-state index in [1.165, 1.54) is 12.5 Å². The van der Waals surface area contributed by atoms with Crippen molar-refractivity contribution in [2.75, 3.05) is 16.8 Å². The Hall–Kier alpha value is -2.62. The first-order valence-electron chi connectivity index (χ1n) is 6.79. The molecule has 4 heteroatoms. The van der Waals surface area contributed by atoms with Gasteiger partial charge in [-0.05, 0) is 36.8 Å². The molecule has 2 heterocycles. The van der Waals surface area contributed by atoms with E-state index in [-0.39, 0.29) is 5.78 Å². The zero-order chi connectivity index (χ0) is 15.1. The number of carbonyl (C=O) groups excluding carboxylic acids is 1. The van der Waals surface area contributed by atoms with Crippen molar-refractivity contribution in [1.29, 1.82) is 0 Å². The van der Waals surface area contributed by atoms with Crippen molar-refractivity contribution in [2.24, 2.45) is 0 Å². The highest BCUT2D eigenvalue weighted by Crippen LogP contribution is 2.44. The highest BCUT2D eigenvalue weighted by Gasteiger charge is 2.28. The molecule has 0 saturated carbocycles. The Bertz CT molecular complexity index is 734. The summed E-state index contributed by atoms with van der Waals surface area (Å²) in [6.45, 7) is 7.74. The minimum Gasteiger partial charge on any atom is -0.329 e. The zero-order valence-electron chi connectivity index (χ0n) is 12.4. The standard InChI is InChI=1S/C17H17N3O/c1-11-5-8-16-17(9-11)19(4)13(3)20(16)14-6-7-15(12(2)21)18-10-14/h5-10H,3H2,1-2,4H3. The van der Waals surface area contributed by atoms with E-state index in [0.717, 1.165) is 22.9 Å². The first-order valence-corrected chi connectivity index (χ1v) is 6.79. The summed E-state index contributed by atoms with van der Waals surface area (Å²) in [5.41, 5.74) is 4.78. The molecule has 0 amide bonds. The van der Waals surface area contributed by atoms with Gasteiger partial charge in [-0.1, -0.05) is 12.6 Å². The van der Waals surface area contributed by atoms with Crippen LogP contribution in [0.2, 0.25) is 0 Å². The highest BCUT2D eigenvalue weighted by molar-refractivity contribution is 5.93. The number of hydrogen-bond acceptors (Lipinski definition) is 4. The van der Waals surface area contributed by atoms with Crippen molar-refractivity contribution in [3.05, 3.63) is 60.2 Å². The lowest BCUT2D eigenvalue weighted by Crippen LogP contribution is -2.20. The molecule has 3 rings (SSSR count). The molecule has 21 heavy (non-hydrogen) atoms. The number of benzene rings is 1. The lowest BCUT2D eigenvalue weighted by Gasteiger charge is -2.21. The topological polar surface area (TPSA) is 36.4 Å². The molecule has 106 valence electrons. The quantitative estimate of drug-likeness (QED) is 0.786. The van der Waals surface area contributed by atoms with E-state index in [2.05, 4.69) is 41.6 Å². The van der Waals surface area contributed by atoms with Crippen LogP contribution in [-0.2, 0) is 0 Å². The molecule has 1 aromatic heterocycles. The predicted molar refractivity (Wildman–Crippen MR) is 85.1 cm³/mol. The van der Waals surface area contributed by atoms with E-state index in [1.807, 2.05) is 18.0 Å². The molecule has 0 unspecified atom stereocenters. The molecule has 1 aliphatic rings. The Morgan fingerprint density at radius 1 is 1.19 bits per heavy atom. The van der Waals surface area contributed by atoms with Crippen LogP contribution in [-0.4, -0.2) is 17.8 Å². The third-order valence-corrected chi connectivity index (χ3v) is 3.75. The van der Waals surface area contributed by atoms with Crippen molar-refractivity contribution >= 4 is 22.8 Å². The van der Waals surface area contributed by atoms with Gasteiger partial charge in [0.15, 0.2) is 5.78 Å². The van der Waals surface area contributed by atoms with Crippen LogP contribution in [0.3, 0.4) is 0 Å². The van der Waals surface area contributed by atoms with E-state index in [9.17, 15) is 4.79 Å². The Morgan fingerprint density at radius 2 is 1.95 bits per heavy atom. The number of nitrogens with zero attached hydrogens (tertiary/aromatic N) is 3. The second-order valence-electron chi connectivity index (χ2n) is 5.26. The average Bonchev–Trinajstić information content (AvgIpc) is 2.71. The van der Waals surface area contributed by atoms with Gasteiger partial charge in [0, 0.05) is 14.0 Å². The summed E-state index contributed by atoms with van der Waals surface area (Å²) < 4.78 is 0. The lowest BCUT2D eigenvalue weighted by molar-refractivity contribution is 0.101. The SMILES string of the molecule is C=C1N(C)c2cc(C)ccc2N1c1ccc(C(C)=O)nc1. The Morgan fingerprint density at radius 3 is 2.57 bits per heavy atom. The summed E-state index contributed by atoms with van der Waals surface area (Å²) >= 11 is 0. The Balaban J connectivity index is 2.07. The van der Waals surface area contributed by atoms with Gasteiger partial charge in [-0.25, -0.2) is 0 Å². The Labute approximate surface area is 124 Å². The molecule has 0 radical (unpaired) electrons. The third kappa shape index (κ3) is 2.09. The largest absolute Gasteiger partial charge is 0.329 e. The minimum atomic E-state index is -0.0325. The van der Waals surface area contributed by atoms with Crippen molar-refractivity contribution in [3.8, 4) is 0 Å². The lowest BCUT2D eigenvalue weighted by atomic mass is 10.2. The predicted octanol–water partition coefficient (Wildman–Crippen LogP) is 3.65. The van der Waals surface area contributed by atoms with Gasteiger partial charge < -0.3 is 4.90 Å². The maximum absolute atomic E-state index is 11.3. The number of pyridine rings is 1. The van der Waals surface area contributed by atoms with Crippen LogP contribution < -0.4 is 9.80 Å². The number of ketones is 1. The van der Waals surface area contributed by atoms with Crippen molar-refractivity contribution < 1.29 is 4.79 Å². The molecule has 0 atom stereocenters. The number of aromatic nitrogens is 1. The van der Waals surface area contributed by atoms with Gasteiger partial charge in [0.1, 0.15) is 11.5 Å². The molecule has 0 fully saturated rings. The zero-order valence-corrected chi connectivity index (χ0v) is 12.4. The summed E-state index contributed by atoms with van der Waals surface area (Å²) in [6.07, 6.45) is 1.71. The van der Waals surface area contributed by atoms with Gasteiger partial charge >= 0.3 is 0 Å².